The van der Waals surface area contributed by atoms with Gasteiger partial charge in [0.1, 0.15) is 4.21 Å². The van der Waals surface area contributed by atoms with Gasteiger partial charge in [-0.05, 0) is 53.7 Å². The largest absolute Gasteiger partial charge is 0.252 e. The molecule has 1 saturated heterocycles. The number of nitrogens with zero attached hydrogens (tertiary/aromatic N) is 1. The maximum absolute atomic E-state index is 12.5. The third-order valence-corrected chi connectivity index (χ3v) is 7.24. The highest BCUT2D eigenvalue weighted by Gasteiger charge is 2.34. The van der Waals surface area contributed by atoms with Crippen molar-refractivity contribution in [2.45, 2.75) is 36.9 Å². The Morgan fingerprint density at radius 3 is 2.65 bits per heavy atom. The molecule has 2 atom stereocenters. The van der Waals surface area contributed by atoms with Crippen molar-refractivity contribution in [2.24, 2.45) is 5.92 Å². The summed E-state index contributed by atoms with van der Waals surface area (Å²) in [6.07, 6.45) is 2.06. The van der Waals surface area contributed by atoms with Gasteiger partial charge < -0.3 is 0 Å². The number of hydrogen-bond acceptors (Lipinski definition) is 3. The van der Waals surface area contributed by atoms with E-state index in [1.165, 1.54) is 11.3 Å². The van der Waals surface area contributed by atoms with Gasteiger partial charge in [-0.2, -0.15) is 4.31 Å². The first-order chi connectivity index (χ1) is 7.91. The Kier molecular flexibility index (Phi) is 3.97. The predicted octanol–water partition coefficient (Wildman–Crippen LogP) is 3.32. The zero-order chi connectivity index (χ0) is 12.6. The Labute approximate surface area is 115 Å². The Morgan fingerprint density at radius 1 is 1.35 bits per heavy atom. The predicted molar refractivity (Wildman–Crippen MR) is 73.8 cm³/mol. The van der Waals surface area contributed by atoms with E-state index in [1.54, 1.807) is 16.4 Å². The molecular weight excluding hydrogens is 322 g/mol. The fourth-order valence-electron chi connectivity index (χ4n) is 2.14. The summed E-state index contributed by atoms with van der Waals surface area (Å²) in [6.45, 7) is 4.74. The van der Waals surface area contributed by atoms with Gasteiger partial charge in [0.25, 0.3) is 10.0 Å². The van der Waals surface area contributed by atoms with E-state index in [9.17, 15) is 8.42 Å². The zero-order valence-corrected chi connectivity index (χ0v) is 13.1. The van der Waals surface area contributed by atoms with Crippen LogP contribution in [-0.2, 0) is 10.0 Å². The SMILES string of the molecule is CC1CCC(C)N(S(=O)(=O)c2ccc(Br)s2)C1. The quantitative estimate of drug-likeness (QED) is 0.830. The maximum Gasteiger partial charge on any atom is 0.252 e. The van der Waals surface area contributed by atoms with Crippen LogP contribution in [0.25, 0.3) is 0 Å². The van der Waals surface area contributed by atoms with Gasteiger partial charge in [-0.25, -0.2) is 8.42 Å². The number of rotatable bonds is 2. The molecule has 1 aromatic rings. The summed E-state index contributed by atoms with van der Waals surface area (Å²) in [5.74, 6) is 0.448. The molecule has 0 aliphatic carbocycles. The number of piperidine rings is 1. The summed E-state index contributed by atoms with van der Waals surface area (Å²) in [5, 5.41) is 0. The lowest BCUT2D eigenvalue weighted by Crippen LogP contribution is -2.44. The van der Waals surface area contributed by atoms with Crippen LogP contribution in [0.3, 0.4) is 0 Å². The van der Waals surface area contributed by atoms with Crippen molar-refractivity contribution in [2.75, 3.05) is 6.54 Å². The van der Waals surface area contributed by atoms with Gasteiger partial charge in [0, 0.05) is 12.6 Å². The maximum atomic E-state index is 12.5. The van der Waals surface area contributed by atoms with Gasteiger partial charge in [-0.15, -0.1) is 11.3 Å². The van der Waals surface area contributed by atoms with Crippen molar-refractivity contribution in [3.05, 3.63) is 15.9 Å². The van der Waals surface area contributed by atoms with Crippen LogP contribution in [0.15, 0.2) is 20.1 Å². The smallest absolute Gasteiger partial charge is 0.206 e. The molecule has 96 valence electrons. The molecule has 0 radical (unpaired) electrons. The van der Waals surface area contributed by atoms with E-state index >= 15 is 0 Å². The summed E-state index contributed by atoms with van der Waals surface area (Å²) in [5.41, 5.74) is 0. The van der Waals surface area contributed by atoms with Crippen LogP contribution in [0.4, 0.5) is 0 Å². The molecule has 2 rings (SSSR count). The molecule has 0 N–H and O–H groups in total. The van der Waals surface area contributed by atoms with Crippen LogP contribution < -0.4 is 0 Å². The Hall–Kier alpha value is 0.0900. The lowest BCUT2D eigenvalue weighted by atomic mass is 9.97. The second-order valence-electron chi connectivity index (χ2n) is 4.66. The molecule has 1 aromatic heterocycles. The van der Waals surface area contributed by atoms with Crippen molar-refractivity contribution in [1.82, 2.24) is 4.31 Å². The van der Waals surface area contributed by atoms with Crippen LogP contribution in [0.5, 0.6) is 0 Å². The molecule has 1 aliphatic rings. The molecule has 3 nitrogen and oxygen atoms in total. The number of sulfonamides is 1. The fourth-order valence-corrected chi connectivity index (χ4v) is 6.06. The van der Waals surface area contributed by atoms with Crippen LogP contribution in [0.1, 0.15) is 26.7 Å². The van der Waals surface area contributed by atoms with Gasteiger partial charge >= 0.3 is 0 Å². The lowest BCUT2D eigenvalue weighted by molar-refractivity contribution is 0.218. The molecular formula is C11H16BrNO2S2. The standard InChI is InChI=1S/C11H16BrNO2S2/c1-8-3-4-9(2)13(7-8)17(14,15)11-6-5-10(12)16-11/h5-6,8-9H,3-4,7H2,1-2H3. The normalized spacial score (nSPS) is 27.2. The first-order valence-electron chi connectivity index (χ1n) is 5.68. The third kappa shape index (κ3) is 2.75. The molecule has 2 heterocycles. The molecule has 2 unspecified atom stereocenters. The van der Waals surface area contributed by atoms with Gasteiger partial charge in [0.2, 0.25) is 0 Å². The molecule has 0 saturated carbocycles. The van der Waals surface area contributed by atoms with Crippen molar-refractivity contribution in [3.8, 4) is 0 Å². The van der Waals surface area contributed by atoms with Crippen molar-refractivity contribution in [1.29, 1.82) is 0 Å². The van der Waals surface area contributed by atoms with Gasteiger partial charge in [-0.3, -0.25) is 0 Å². The molecule has 0 spiro atoms. The third-order valence-electron chi connectivity index (χ3n) is 3.17. The summed E-state index contributed by atoms with van der Waals surface area (Å²) in [4.78, 5) is 0. The van der Waals surface area contributed by atoms with Gasteiger partial charge in [0.05, 0.1) is 3.79 Å². The van der Waals surface area contributed by atoms with E-state index in [4.69, 9.17) is 0 Å². The number of halogens is 1. The summed E-state index contributed by atoms with van der Waals surface area (Å²) >= 11 is 4.59. The molecule has 0 aromatic carbocycles. The molecule has 0 bridgehead atoms. The highest BCUT2D eigenvalue weighted by molar-refractivity contribution is 9.11. The lowest BCUT2D eigenvalue weighted by Gasteiger charge is -2.35. The average molecular weight is 338 g/mol. The Bertz CT molecular complexity index is 497. The number of thiophene rings is 1. The number of hydrogen-bond donors (Lipinski definition) is 0. The van der Waals surface area contributed by atoms with Crippen LogP contribution in [0.2, 0.25) is 0 Å². The zero-order valence-electron chi connectivity index (χ0n) is 9.89. The first kappa shape index (κ1) is 13.5. The summed E-state index contributed by atoms with van der Waals surface area (Å²) in [6, 6.07) is 3.57. The first-order valence-corrected chi connectivity index (χ1v) is 8.73. The van der Waals surface area contributed by atoms with Gasteiger partial charge in [-0.1, -0.05) is 6.92 Å². The highest BCUT2D eigenvalue weighted by Crippen LogP contribution is 2.32. The Balaban J connectivity index is 2.31. The van der Waals surface area contributed by atoms with Crippen molar-refractivity contribution < 1.29 is 8.42 Å². The Morgan fingerprint density at radius 2 is 2.06 bits per heavy atom. The second-order valence-corrected chi connectivity index (χ2v) is 9.25. The second kappa shape index (κ2) is 4.99. The van der Waals surface area contributed by atoms with E-state index < -0.39 is 10.0 Å². The van der Waals surface area contributed by atoms with E-state index in [-0.39, 0.29) is 6.04 Å². The minimum absolute atomic E-state index is 0.108. The minimum atomic E-state index is -3.30. The molecule has 0 amide bonds. The fraction of sp³-hybridized carbons (Fsp3) is 0.636. The van der Waals surface area contributed by atoms with Crippen molar-refractivity contribution >= 4 is 37.3 Å². The van der Waals surface area contributed by atoms with E-state index in [0.29, 0.717) is 16.7 Å². The van der Waals surface area contributed by atoms with Crippen LogP contribution >= 0.6 is 27.3 Å². The van der Waals surface area contributed by atoms with E-state index in [0.717, 1.165) is 16.6 Å². The summed E-state index contributed by atoms with van der Waals surface area (Å²) in [7, 11) is -3.30. The van der Waals surface area contributed by atoms with Gasteiger partial charge in [0.15, 0.2) is 0 Å². The van der Waals surface area contributed by atoms with E-state index in [2.05, 4.69) is 22.9 Å². The molecule has 1 fully saturated rings. The molecule has 6 heteroatoms. The molecule has 17 heavy (non-hydrogen) atoms. The van der Waals surface area contributed by atoms with Crippen molar-refractivity contribution in [3.63, 3.8) is 0 Å². The summed E-state index contributed by atoms with van der Waals surface area (Å²) < 4.78 is 27.9. The monoisotopic (exact) mass is 337 g/mol. The van der Waals surface area contributed by atoms with Crippen LogP contribution in [0, 0.1) is 5.92 Å². The minimum Gasteiger partial charge on any atom is -0.206 e. The highest BCUT2D eigenvalue weighted by atomic mass is 79.9. The topological polar surface area (TPSA) is 37.4 Å². The average Bonchev–Trinajstić information content (AvgIpc) is 2.69. The van der Waals surface area contributed by atoms with Crippen LogP contribution in [-0.4, -0.2) is 25.3 Å². The van der Waals surface area contributed by atoms with E-state index in [1.807, 2.05) is 6.92 Å². The molecule has 1 aliphatic heterocycles.